The number of aromatic amines is 1. The second-order valence-electron chi connectivity index (χ2n) is 4.18. The molecule has 0 aliphatic carbocycles. The Kier molecular flexibility index (Phi) is 2.66. The second kappa shape index (κ2) is 5.23. The lowest BCUT2D eigenvalue weighted by molar-refractivity contribution is -0.131. The third-order valence-electron chi connectivity index (χ3n) is 2.43. The van der Waals surface area contributed by atoms with E-state index in [0.717, 1.165) is 0 Å². The van der Waals surface area contributed by atoms with Gasteiger partial charge in [-0.3, -0.25) is 4.79 Å². The number of hydrogen-bond donors (Lipinski definition) is 1. The zero-order valence-electron chi connectivity index (χ0n) is 13.7. The van der Waals surface area contributed by atoms with E-state index in [-0.39, 0.29) is 0 Å². The van der Waals surface area contributed by atoms with Crippen molar-refractivity contribution < 1.29 is 13.6 Å². The van der Waals surface area contributed by atoms with E-state index >= 15 is 0 Å². The van der Waals surface area contributed by atoms with Crippen LogP contribution in [0.15, 0.2) is 24.4 Å². The summed E-state index contributed by atoms with van der Waals surface area (Å²) in [7, 11) is 3.17. The summed E-state index contributed by atoms with van der Waals surface area (Å²) in [5, 5.41) is 0.568. The van der Waals surface area contributed by atoms with Crippen molar-refractivity contribution in [2.45, 2.75) is 13.3 Å². The predicted molar refractivity (Wildman–Crippen MR) is 71.9 cm³/mol. The number of carbonyl (C=O) groups is 1. The minimum Gasteiger partial charge on any atom is -0.426 e. The largest absolute Gasteiger partial charge is 0.426 e. The molecule has 0 saturated carbocycles. The number of rotatable bonds is 4. The maximum absolute atomic E-state index is 11.2. The molecule has 0 fully saturated rings. The van der Waals surface area contributed by atoms with Gasteiger partial charge in [-0.05, 0) is 38.2 Å². The molecule has 1 aromatic heterocycles. The average molecular weight is 249 g/mol. The van der Waals surface area contributed by atoms with Gasteiger partial charge in [0.05, 0.1) is 0 Å². The van der Waals surface area contributed by atoms with Crippen LogP contribution in [0.2, 0.25) is 0 Å². The summed E-state index contributed by atoms with van der Waals surface area (Å²) < 4.78 is 29.5. The van der Waals surface area contributed by atoms with Crippen molar-refractivity contribution in [1.82, 2.24) is 9.88 Å². The summed E-state index contributed by atoms with van der Waals surface area (Å²) in [6.45, 7) is -0.541. The van der Waals surface area contributed by atoms with Crippen LogP contribution in [0.3, 0.4) is 0 Å². The van der Waals surface area contributed by atoms with E-state index in [4.69, 9.17) is 8.85 Å². The molecule has 1 unspecified atom stereocenters. The quantitative estimate of drug-likeness (QED) is 0.667. The molecule has 0 spiro atoms. The monoisotopic (exact) mass is 249 g/mol. The fraction of sp³-hybridized carbons (Fsp3) is 0.357. The molecule has 2 rings (SSSR count). The Morgan fingerprint density at radius 2 is 2.28 bits per heavy atom. The van der Waals surface area contributed by atoms with E-state index < -0.39 is 18.9 Å². The first-order chi connectivity index (χ1) is 9.75. The summed E-state index contributed by atoms with van der Waals surface area (Å²) in [6.07, 6.45) is 0.453. The zero-order valence-corrected chi connectivity index (χ0v) is 10.7. The molecule has 18 heavy (non-hydrogen) atoms. The van der Waals surface area contributed by atoms with Gasteiger partial charge in [0.25, 0.3) is 0 Å². The molecule has 1 aromatic carbocycles. The first-order valence-electron chi connectivity index (χ1n) is 7.21. The zero-order chi connectivity index (χ0) is 15.8. The molecule has 0 radical (unpaired) electrons. The van der Waals surface area contributed by atoms with Gasteiger partial charge in [-0.1, -0.05) is 6.07 Å². The highest BCUT2D eigenvalue weighted by Crippen LogP contribution is 2.29. The number of fused-ring (bicyclic) bond motifs is 1. The Morgan fingerprint density at radius 1 is 1.50 bits per heavy atom. The lowest BCUT2D eigenvalue weighted by Crippen LogP contribution is -2.15. The topological polar surface area (TPSA) is 45.3 Å². The summed E-state index contributed by atoms with van der Waals surface area (Å²) in [6, 6.07) is 5.17. The van der Waals surface area contributed by atoms with Gasteiger partial charge in [0.1, 0.15) is 5.75 Å². The first kappa shape index (κ1) is 9.16. The van der Waals surface area contributed by atoms with E-state index in [0.29, 0.717) is 22.2 Å². The molecule has 2 aromatic rings. The van der Waals surface area contributed by atoms with Crippen LogP contribution < -0.4 is 4.74 Å². The van der Waals surface area contributed by atoms with E-state index in [9.17, 15) is 4.79 Å². The minimum atomic E-state index is -1.85. The van der Waals surface area contributed by atoms with Crippen molar-refractivity contribution in [2.24, 2.45) is 0 Å². The van der Waals surface area contributed by atoms with Crippen molar-refractivity contribution in [1.29, 1.82) is 0 Å². The van der Waals surface area contributed by atoms with E-state index in [1.54, 1.807) is 38.5 Å². The summed E-state index contributed by atoms with van der Waals surface area (Å²) in [5.41, 5.74) is 1.16. The number of ether oxygens (including phenoxy) is 1. The van der Waals surface area contributed by atoms with Gasteiger partial charge in [-0.15, -0.1) is 0 Å². The Morgan fingerprint density at radius 3 is 2.94 bits per heavy atom. The van der Waals surface area contributed by atoms with Crippen molar-refractivity contribution in [2.75, 3.05) is 20.6 Å². The van der Waals surface area contributed by atoms with Gasteiger partial charge >= 0.3 is 5.97 Å². The number of aromatic nitrogens is 1. The molecule has 4 heteroatoms. The summed E-state index contributed by atoms with van der Waals surface area (Å²) >= 11 is 0. The number of hydrogen-bond acceptors (Lipinski definition) is 3. The lowest BCUT2D eigenvalue weighted by atomic mass is 10.1. The van der Waals surface area contributed by atoms with Crippen molar-refractivity contribution in [3.8, 4) is 5.75 Å². The first-order valence-corrected chi connectivity index (χ1v) is 5.63. The van der Waals surface area contributed by atoms with Gasteiger partial charge < -0.3 is 14.6 Å². The SMILES string of the molecule is [2H]C(c1c[nH]c2cccc(OC(C)=O)c12)C([2H])([2H])N(C)C. The Balaban J connectivity index is 2.57. The van der Waals surface area contributed by atoms with Crippen LogP contribution in [-0.2, 0) is 11.2 Å². The molecule has 0 amide bonds. The van der Waals surface area contributed by atoms with Crippen LogP contribution in [0.1, 0.15) is 16.6 Å². The Hall–Kier alpha value is -1.81. The molecular formula is C14H18N2O2. The fourth-order valence-electron chi connectivity index (χ4n) is 1.73. The molecular weight excluding hydrogens is 228 g/mol. The Labute approximate surface area is 111 Å². The number of nitrogens with zero attached hydrogens (tertiary/aromatic N) is 1. The number of nitrogens with one attached hydrogen (secondary N) is 1. The predicted octanol–water partition coefficient (Wildman–Crippen LogP) is 2.20. The summed E-state index contributed by atoms with van der Waals surface area (Å²) in [4.78, 5) is 15.6. The third kappa shape index (κ3) is 2.71. The number of carbonyl (C=O) groups excluding carboxylic acids is 1. The van der Waals surface area contributed by atoms with Gasteiger partial charge in [-0.2, -0.15) is 0 Å². The van der Waals surface area contributed by atoms with Crippen LogP contribution >= 0.6 is 0 Å². The maximum atomic E-state index is 11.2. The molecule has 0 bridgehead atoms. The maximum Gasteiger partial charge on any atom is 0.308 e. The number of H-pyrrole nitrogens is 1. The third-order valence-corrected chi connectivity index (χ3v) is 2.43. The van der Waals surface area contributed by atoms with Crippen LogP contribution in [-0.4, -0.2) is 36.4 Å². The number of esters is 1. The fourth-order valence-corrected chi connectivity index (χ4v) is 1.73. The highest BCUT2D eigenvalue weighted by molar-refractivity contribution is 5.91. The lowest BCUT2D eigenvalue weighted by Gasteiger charge is -2.09. The molecule has 1 atom stereocenters. The molecule has 96 valence electrons. The number of benzene rings is 1. The van der Waals surface area contributed by atoms with Gasteiger partial charge in [0, 0.05) is 34.6 Å². The van der Waals surface area contributed by atoms with Crippen molar-refractivity contribution >= 4 is 16.9 Å². The Bertz CT molecular complexity index is 667. The van der Waals surface area contributed by atoms with Crippen LogP contribution in [0.4, 0.5) is 0 Å². The average Bonchev–Trinajstić information content (AvgIpc) is 2.81. The van der Waals surface area contributed by atoms with Gasteiger partial charge in [-0.25, -0.2) is 0 Å². The normalized spacial score (nSPS) is 16.1. The second-order valence-corrected chi connectivity index (χ2v) is 4.18. The smallest absolute Gasteiger partial charge is 0.308 e. The van der Waals surface area contributed by atoms with Crippen LogP contribution in [0.5, 0.6) is 5.75 Å². The van der Waals surface area contributed by atoms with Crippen molar-refractivity contribution in [3.63, 3.8) is 0 Å². The van der Waals surface area contributed by atoms with Gasteiger partial charge in [0.2, 0.25) is 0 Å². The van der Waals surface area contributed by atoms with Crippen LogP contribution in [0, 0.1) is 0 Å². The van der Waals surface area contributed by atoms with Crippen molar-refractivity contribution in [3.05, 3.63) is 30.0 Å². The highest BCUT2D eigenvalue weighted by atomic mass is 16.5. The van der Waals surface area contributed by atoms with Gasteiger partial charge in [0.15, 0.2) is 0 Å². The molecule has 0 aliphatic rings. The molecule has 4 nitrogen and oxygen atoms in total. The van der Waals surface area contributed by atoms with E-state index in [2.05, 4.69) is 4.98 Å². The summed E-state index contributed by atoms with van der Waals surface area (Å²) in [5.74, 6) is -0.116. The van der Waals surface area contributed by atoms with Crippen LogP contribution in [0.25, 0.3) is 10.9 Å². The number of aryl methyl sites for hydroxylation is 1. The van der Waals surface area contributed by atoms with E-state index in [1.165, 1.54) is 11.8 Å². The molecule has 1 N–H and O–H groups in total. The molecule has 0 saturated heterocycles. The standard InChI is InChI=1S/C14H18N2O2/c1-10(17)18-13-6-4-5-12-14(13)11(9-15-12)7-8-16(2)3/h4-6,9,15H,7-8H2,1-3H3/i7D,8D2. The minimum absolute atomic E-state index is 0.336. The van der Waals surface area contributed by atoms with E-state index in [1.807, 2.05) is 0 Å². The molecule has 0 aliphatic heterocycles. The number of likely N-dealkylation sites (N-methyl/N-ethyl adjacent to an activating group) is 1. The highest BCUT2D eigenvalue weighted by Gasteiger charge is 2.11. The molecule has 1 heterocycles.